The predicted molar refractivity (Wildman–Crippen MR) is 85.0 cm³/mol. The minimum absolute atomic E-state index is 0.0544. The number of quaternary nitrogens is 1. The van der Waals surface area contributed by atoms with Crippen molar-refractivity contribution in [1.82, 2.24) is 0 Å². The fraction of sp³-hybridized carbons (Fsp3) is 0.529. The summed E-state index contributed by atoms with van der Waals surface area (Å²) in [5.41, 5.74) is 0.927. The number of piperidine rings is 1. The van der Waals surface area contributed by atoms with E-state index in [0.717, 1.165) is 19.0 Å². The lowest BCUT2D eigenvalue weighted by atomic mass is 9.99. The molecule has 1 heterocycles. The Morgan fingerprint density at radius 3 is 2.64 bits per heavy atom. The Hall–Kier alpha value is -1.88. The van der Waals surface area contributed by atoms with Crippen LogP contribution in [0.25, 0.3) is 0 Å². The molecule has 5 nitrogen and oxygen atoms in total. The van der Waals surface area contributed by atoms with Gasteiger partial charge in [0.15, 0.2) is 6.54 Å². The molecule has 0 saturated carbocycles. The monoisotopic (exact) mass is 305 g/mol. The summed E-state index contributed by atoms with van der Waals surface area (Å²) >= 11 is 0. The molecule has 1 amide bonds. The molecule has 1 saturated heterocycles. The van der Waals surface area contributed by atoms with Gasteiger partial charge in [0, 0.05) is 0 Å². The highest BCUT2D eigenvalue weighted by molar-refractivity contribution is 6.01. The smallest absolute Gasteiger partial charge is 0.340 e. The Morgan fingerprint density at radius 2 is 1.95 bits per heavy atom. The van der Waals surface area contributed by atoms with Crippen molar-refractivity contribution in [3.63, 3.8) is 0 Å². The molecule has 1 aliphatic rings. The van der Waals surface area contributed by atoms with Crippen molar-refractivity contribution in [2.75, 3.05) is 31.6 Å². The average Bonchev–Trinajstić information content (AvgIpc) is 2.50. The Labute approximate surface area is 131 Å². The van der Waals surface area contributed by atoms with E-state index in [4.69, 9.17) is 4.74 Å². The van der Waals surface area contributed by atoms with Crippen molar-refractivity contribution in [3.05, 3.63) is 29.8 Å². The minimum Gasteiger partial charge on any atom is -0.462 e. The van der Waals surface area contributed by atoms with Crippen LogP contribution in [0.15, 0.2) is 24.3 Å². The molecule has 2 N–H and O–H groups in total. The molecule has 0 unspecified atom stereocenters. The lowest BCUT2D eigenvalue weighted by Crippen LogP contribution is -3.14. The van der Waals surface area contributed by atoms with E-state index in [-0.39, 0.29) is 5.91 Å². The fourth-order valence-electron chi connectivity index (χ4n) is 2.75. The highest BCUT2D eigenvalue weighted by Crippen LogP contribution is 2.16. The largest absolute Gasteiger partial charge is 0.462 e. The molecule has 0 atom stereocenters. The van der Waals surface area contributed by atoms with E-state index < -0.39 is 5.97 Å². The quantitative estimate of drug-likeness (QED) is 0.801. The van der Waals surface area contributed by atoms with Crippen LogP contribution in [0.3, 0.4) is 0 Å². The number of nitrogens with one attached hydrogen (secondary N) is 2. The molecule has 0 radical (unpaired) electrons. The third-order valence-electron chi connectivity index (χ3n) is 4.09. The van der Waals surface area contributed by atoms with Crippen molar-refractivity contribution in [2.45, 2.75) is 26.7 Å². The second kappa shape index (κ2) is 7.94. The number of hydrogen-bond acceptors (Lipinski definition) is 3. The summed E-state index contributed by atoms with van der Waals surface area (Å²) in [6.45, 7) is 6.86. The third-order valence-corrected chi connectivity index (χ3v) is 4.09. The topological polar surface area (TPSA) is 59.8 Å². The summed E-state index contributed by atoms with van der Waals surface area (Å²) in [4.78, 5) is 25.4. The zero-order valence-corrected chi connectivity index (χ0v) is 13.4. The van der Waals surface area contributed by atoms with Crippen molar-refractivity contribution in [3.8, 4) is 0 Å². The van der Waals surface area contributed by atoms with Crippen LogP contribution >= 0.6 is 0 Å². The molecule has 22 heavy (non-hydrogen) atoms. The lowest BCUT2D eigenvalue weighted by molar-refractivity contribution is -0.897. The van der Waals surface area contributed by atoms with E-state index in [1.807, 2.05) is 0 Å². The Bertz CT molecular complexity index is 522. The van der Waals surface area contributed by atoms with Crippen LogP contribution in [0.5, 0.6) is 0 Å². The first-order valence-electron chi connectivity index (χ1n) is 7.99. The predicted octanol–water partition coefficient (Wildman–Crippen LogP) is 1.12. The number of ether oxygens (including phenoxy) is 1. The number of para-hydroxylation sites is 1. The molecular weight excluding hydrogens is 280 g/mol. The number of rotatable bonds is 5. The second-order valence-corrected chi connectivity index (χ2v) is 5.92. The Morgan fingerprint density at radius 1 is 1.27 bits per heavy atom. The molecule has 2 rings (SSSR count). The van der Waals surface area contributed by atoms with Gasteiger partial charge in [0.05, 0.1) is 30.9 Å². The first-order chi connectivity index (χ1) is 10.6. The number of carbonyl (C=O) groups excluding carboxylic acids is 2. The van der Waals surface area contributed by atoms with Gasteiger partial charge in [-0.2, -0.15) is 0 Å². The van der Waals surface area contributed by atoms with Crippen molar-refractivity contribution < 1.29 is 19.2 Å². The molecule has 0 spiro atoms. The van der Waals surface area contributed by atoms with Gasteiger partial charge >= 0.3 is 5.97 Å². The normalized spacial score (nSPS) is 21.2. The van der Waals surface area contributed by atoms with E-state index in [0.29, 0.717) is 24.4 Å². The van der Waals surface area contributed by atoms with Gasteiger partial charge in [-0.15, -0.1) is 0 Å². The van der Waals surface area contributed by atoms with E-state index in [2.05, 4.69) is 12.2 Å². The average molecular weight is 305 g/mol. The van der Waals surface area contributed by atoms with Gasteiger partial charge in [0.25, 0.3) is 5.91 Å². The number of hydrogen-bond donors (Lipinski definition) is 2. The number of carbonyl (C=O) groups is 2. The highest BCUT2D eigenvalue weighted by Gasteiger charge is 2.22. The molecule has 0 bridgehead atoms. The number of amides is 1. The molecule has 1 aromatic rings. The number of benzene rings is 1. The van der Waals surface area contributed by atoms with Crippen LogP contribution in [0.2, 0.25) is 0 Å². The summed E-state index contributed by atoms with van der Waals surface area (Å²) in [7, 11) is 0. The van der Waals surface area contributed by atoms with Crippen molar-refractivity contribution >= 4 is 17.6 Å². The molecule has 1 fully saturated rings. The maximum atomic E-state index is 12.2. The number of likely N-dealkylation sites (tertiary alicyclic amines) is 1. The van der Waals surface area contributed by atoms with Gasteiger partial charge in [0.2, 0.25) is 0 Å². The van der Waals surface area contributed by atoms with Crippen LogP contribution in [0, 0.1) is 5.92 Å². The summed E-state index contributed by atoms with van der Waals surface area (Å²) < 4.78 is 5.02. The number of esters is 1. The van der Waals surface area contributed by atoms with Crippen LogP contribution < -0.4 is 10.2 Å². The maximum Gasteiger partial charge on any atom is 0.340 e. The van der Waals surface area contributed by atoms with Gasteiger partial charge in [-0.25, -0.2) is 4.79 Å². The summed E-state index contributed by atoms with van der Waals surface area (Å²) in [5, 5.41) is 2.85. The van der Waals surface area contributed by atoms with Crippen LogP contribution in [0.4, 0.5) is 5.69 Å². The highest BCUT2D eigenvalue weighted by atomic mass is 16.5. The first kappa shape index (κ1) is 16.5. The van der Waals surface area contributed by atoms with E-state index >= 15 is 0 Å². The zero-order chi connectivity index (χ0) is 15.9. The van der Waals surface area contributed by atoms with Gasteiger partial charge in [-0.05, 0) is 37.8 Å². The summed E-state index contributed by atoms with van der Waals surface area (Å²) in [6, 6.07) is 6.97. The molecule has 0 aliphatic carbocycles. The summed E-state index contributed by atoms with van der Waals surface area (Å²) in [5.74, 6) is 0.301. The molecule has 5 heteroatoms. The van der Waals surface area contributed by atoms with Gasteiger partial charge in [0.1, 0.15) is 0 Å². The van der Waals surface area contributed by atoms with E-state index in [9.17, 15) is 9.59 Å². The molecule has 0 aromatic heterocycles. The first-order valence-corrected chi connectivity index (χ1v) is 7.99. The van der Waals surface area contributed by atoms with Crippen LogP contribution in [-0.4, -0.2) is 38.1 Å². The Balaban J connectivity index is 1.95. The van der Waals surface area contributed by atoms with Gasteiger partial charge in [-0.1, -0.05) is 19.1 Å². The third kappa shape index (κ3) is 4.56. The molecule has 1 aliphatic heterocycles. The van der Waals surface area contributed by atoms with Crippen molar-refractivity contribution in [1.29, 1.82) is 0 Å². The molecule has 1 aromatic carbocycles. The Kier molecular flexibility index (Phi) is 5.95. The lowest BCUT2D eigenvalue weighted by Gasteiger charge is -2.26. The van der Waals surface area contributed by atoms with E-state index in [1.54, 1.807) is 31.2 Å². The number of anilines is 1. The SMILES string of the molecule is CCOC(=O)c1ccccc1NC(=O)C[NH+]1CCC(C)CC1. The minimum atomic E-state index is -0.405. The van der Waals surface area contributed by atoms with Crippen LogP contribution in [0.1, 0.15) is 37.0 Å². The van der Waals surface area contributed by atoms with E-state index in [1.165, 1.54) is 17.7 Å². The zero-order valence-electron chi connectivity index (χ0n) is 13.4. The van der Waals surface area contributed by atoms with Gasteiger partial charge < -0.3 is 15.0 Å². The summed E-state index contributed by atoms with van der Waals surface area (Å²) in [6.07, 6.45) is 2.34. The van der Waals surface area contributed by atoms with Gasteiger partial charge in [-0.3, -0.25) is 4.79 Å². The fourth-order valence-corrected chi connectivity index (χ4v) is 2.75. The molecular formula is C17H25N2O3+. The second-order valence-electron chi connectivity index (χ2n) is 5.92. The van der Waals surface area contributed by atoms with Crippen molar-refractivity contribution in [2.24, 2.45) is 5.92 Å². The maximum absolute atomic E-state index is 12.2. The van der Waals surface area contributed by atoms with Crippen LogP contribution in [-0.2, 0) is 9.53 Å². The standard InChI is InChI=1S/C17H24N2O3/c1-3-22-17(21)14-6-4-5-7-15(14)18-16(20)12-19-10-8-13(2)9-11-19/h4-7,13H,3,8-12H2,1-2H3,(H,18,20)/p+1. The molecule has 120 valence electrons.